The zero-order chi connectivity index (χ0) is 26.4. The van der Waals surface area contributed by atoms with E-state index in [9.17, 15) is 19.1 Å². The second-order valence-electron chi connectivity index (χ2n) is 9.45. The molecule has 0 saturated heterocycles. The molecule has 2 aromatic carbocycles. The van der Waals surface area contributed by atoms with Gasteiger partial charge in [-0.05, 0) is 69.0 Å². The zero-order valence-electron chi connectivity index (χ0n) is 21.3. The number of aliphatic carboxylic acids is 1. The number of carbonyl (C=O) groups is 2. The number of aryl methyl sites for hydroxylation is 1. The average Bonchev–Trinajstić information content (AvgIpc) is 3.13. The number of benzene rings is 2. The summed E-state index contributed by atoms with van der Waals surface area (Å²) in [5, 5.41) is 17.0. The lowest BCUT2D eigenvalue weighted by atomic mass is 10.1. The van der Waals surface area contributed by atoms with E-state index in [2.05, 4.69) is 10.4 Å². The van der Waals surface area contributed by atoms with E-state index in [1.165, 1.54) is 12.1 Å². The van der Waals surface area contributed by atoms with E-state index >= 15 is 0 Å². The fraction of sp³-hybridized carbons (Fsp3) is 0.393. The van der Waals surface area contributed by atoms with Gasteiger partial charge in [-0.3, -0.25) is 14.5 Å². The van der Waals surface area contributed by atoms with Crippen molar-refractivity contribution in [1.82, 2.24) is 20.0 Å². The molecule has 8 nitrogen and oxygen atoms in total. The predicted molar refractivity (Wildman–Crippen MR) is 137 cm³/mol. The second kappa shape index (κ2) is 12.0. The van der Waals surface area contributed by atoms with Gasteiger partial charge in [-0.2, -0.15) is 5.10 Å². The van der Waals surface area contributed by atoms with E-state index < -0.39 is 5.97 Å². The van der Waals surface area contributed by atoms with E-state index in [1.54, 1.807) is 22.9 Å². The smallest absolute Gasteiger partial charge is 0.307 e. The van der Waals surface area contributed by atoms with Gasteiger partial charge in [0.05, 0.1) is 31.0 Å². The Morgan fingerprint density at radius 3 is 2.65 bits per heavy atom. The molecule has 196 valence electrons. The Hall–Kier alpha value is -3.72. The van der Waals surface area contributed by atoms with Crippen molar-refractivity contribution in [3.05, 3.63) is 76.4 Å². The molecule has 0 radical (unpaired) electrons. The SMILES string of the molecule is Cc1nn(-c2ccc(F)cc2)c(C)c1CN1CC(=O)NCCCCCOc2ccc(CC(=O)O)cc2C1. The van der Waals surface area contributed by atoms with Crippen LogP contribution in [0.25, 0.3) is 5.69 Å². The number of nitrogens with one attached hydrogen (secondary N) is 1. The van der Waals surface area contributed by atoms with Crippen molar-refractivity contribution in [3.8, 4) is 11.4 Å². The summed E-state index contributed by atoms with van der Waals surface area (Å²) >= 11 is 0. The molecule has 2 N–H and O–H groups in total. The third kappa shape index (κ3) is 6.95. The van der Waals surface area contributed by atoms with Crippen molar-refractivity contribution in [2.45, 2.75) is 52.6 Å². The van der Waals surface area contributed by atoms with Crippen molar-refractivity contribution >= 4 is 11.9 Å². The summed E-state index contributed by atoms with van der Waals surface area (Å²) in [7, 11) is 0. The molecule has 9 heteroatoms. The van der Waals surface area contributed by atoms with Crippen LogP contribution in [-0.4, -0.2) is 51.4 Å². The van der Waals surface area contributed by atoms with Crippen LogP contribution in [0.2, 0.25) is 0 Å². The van der Waals surface area contributed by atoms with Crippen molar-refractivity contribution in [1.29, 1.82) is 0 Å². The highest BCUT2D eigenvalue weighted by Gasteiger charge is 2.21. The van der Waals surface area contributed by atoms with E-state index in [1.807, 2.05) is 30.9 Å². The number of fused-ring (bicyclic) bond motifs is 1. The van der Waals surface area contributed by atoms with Gasteiger partial charge in [0.1, 0.15) is 11.6 Å². The largest absolute Gasteiger partial charge is 0.493 e. The molecule has 4 rings (SSSR count). The van der Waals surface area contributed by atoms with Crippen LogP contribution in [0.4, 0.5) is 4.39 Å². The molecule has 1 aliphatic heterocycles. The first-order chi connectivity index (χ1) is 17.8. The molecular weight excluding hydrogens is 475 g/mol. The quantitative estimate of drug-likeness (QED) is 0.542. The third-order valence-corrected chi connectivity index (χ3v) is 6.54. The van der Waals surface area contributed by atoms with E-state index in [-0.39, 0.29) is 24.7 Å². The highest BCUT2D eigenvalue weighted by atomic mass is 19.1. The van der Waals surface area contributed by atoms with E-state index in [4.69, 9.17) is 4.74 Å². The number of carbonyl (C=O) groups excluding carboxylic acids is 1. The minimum Gasteiger partial charge on any atom is -0.493 e. The molecule has 0 bridgehead atoms. The van der Waals surface area contributed by atoms with Gasteiger partial charge < -0.3 is 15.2 Å². The van der Waals surface area contributed by atoms with Gasteiger partial charge in [0.2, 0.25) is 5.91 Å². The number of carboxylic acids is 1. The van der Waals surface area contributed by atoms with E-state index in [0.717, 1.165) is 47.5 Å². The van der Waals surface area contributed by atoms with Crippen LogP contribution < -0.4 is 10.1 Å². The van der Waals surface area contributed by atoms with Gasteiger partial charge in [0, 0.05) is 36.5 Å². The molecule has 1 aromatic heterocycles. The summed E-state index contributed by atoms with van der Waals surface area (Å²) in [5.74, 6) is -0.574. The van der Waals surface area contributed by atoms with Gasteiger partial charge in [-0.1, -0.05) is 12.1 Å². The normalized spacial score (nSPS) is 15.5. The highest BCUT2D eigenvalue weighted by molar-refractivity contribution is 5.78. The van der Waals surface area contributed by atoms with Crippen LogP contribution in [0.3, 0.4) is 0 Å². The van der Waals surface area contributed by atoms with Crippen molar-refractivity contribution in [2.24, 2.45) is 0 Å². The van der Waals surface area contributed by atoms with Gasteiger partial charge in [-0.25, -0.2) is 9.07 Å². The molecular formula is C28H33FN4O4. The summed E-state index contributed by atoms with van der Waals surface area (Å²) in [6.45, 7) is 6.08. The van der Waals surface area contributed by atoms with Gasteiger partial charge in [0.25, 0.3) is 0 Å². The molecule has 0 spiro atoms. The molecule has 2 heterocycles. The van der Waals surface area contributed by atoms with Gasteiger partial charge >= 0.3 is 5.97 Å². The summed E-state index contributed by atoms with van der Waals surface area (Å²) in [4.78, 5) is 26.2. The average molecular weight is 509 g/mol. The highest BCUT2D eigenvalue weighted by Crippen LogP contribution is 2.26. The number of halogens is 1. The van der Waals surface area contributed by atoms with E-state index in [0.29, 0.717) is 37.6 Å². The van der Waals surface area contributed by atoms with Crippen LogP contribution in [0, 0.1) is 19.7 Å². The van der Waals surface area contributed by atoms with Crippen LogP contribution in [0.5, 0.6) is 5.75 Å². The Morgan fingerprint density at radius 2 is 1.89 bits per heavy atom. The molecule has 37 heavy (non-hydrogen) atoms. The molecule has 0 saturated carbocycles. The number of rotatable bonds is 5. The Labute approximate surface area is 216 Å². The second-order valence-corrected chi connectivity index (χ2v) is 9.45. The zero-order valence-corrected chi connectivity index (χ0v) is 21.3. The summed E-state index contributed by atoms with van der Waals surface area (Å²) in [6.07, 6.45) is 2.60. The topological polar surface area (TPSA) is 96.7 Å². The van der Waals surface area contributed by atoms with Crippen LogP contribution in [0.1, 0.15) is 47.3 Å². The number of nitrogens with zero attached hydrogens (tertiary/aromatic N) is 3. The lowest BCUT2D eigenvalue weighted by Crippen LogP contribution is -2.37. The first kappa shape index (κ1) is 26.3. The van der Waals surface area contributed by atoms with Gasteiger partial charge in [0.15, 0.2) is 0 Å². The third-order valence-electron chi connectivity index (χ3n) is 6.54. The van der Waals surface area contributed by atoms with Gasteiger partial charge in [-0.15, -0.1) is 0 Å². The van der Waals surface area contributed by atoms with Crippen LogP contribution >= 0.6 is 0 Å². The maximum Gasteiger partial charge on any atom is 0.307 e. The number of aromatic nitrogens is 2. The Morgan fingerprint density at radius 1 is 1.11 bits per heavy atom. The summed E-state index contributed by atoms with van der Waals surface area (Å²) in [6, 6.07) is 11.6. The number of ether oxygens (including phenoxy) is 1. The monoisotopic (exact) mass is 508 g/mol. The fourth-order valence-corrected chi connectivity index (χ4v) is 4.62. The molecule has 1 aliphatic rings. The lowest BCUT2D eigenvalue weighted by Gasteiger charge is -2.24. The number of hydrogen-bond acceptors (Lipinski definition) is 5. The molecule has 0 aliphatic carbocycles. The summed E-state index contributed by atoms with van der Waals surface area (Å²) in [5.41, 5.74) is 4.98. The minimum absolute atomic E-state index is 0.0651. The molecule has 0 atom stereocenters. The number of carboxylic acid groups (broad SMARTS) is 1. The van der Waals surface area contributed by atoms with Crippen molar-refractivity contribution in [3.63, 3.8) is 0 Å². The predicted octanol–water partition coefficient (Wildman–Crippen LogP) is 3.94. The minimum atomic E-state index is -0.902. The molecule has 3 aromatic rings. The van der Waals surface area contributed by atoms with Crippen LogP contribution in [0.15, 0.2) is 42.5 Å². The standard InChI is InChI=1S/C28H33FN4O4/c1-19-25(20(2)33(31-19)24-9-7-23(29)8-10-24)17-32-16-22-14-21(15-28(35)36)6-11-26(22)37-13-5-3-4-12-30-27(34)18-32/h6-11,14H,3-5,12-13,15-18H2,1-2H3,(H,30,34)(H,35,36). The molecule has 0 unspecified atom stereocenters. The molecule has 0 fully saturated rings. The first-order valence-electron chi connectivity index (χ1n) is 12.6. The maximum absolute atomic E-state index is 13.4. The number of amides is 1. The lowest BCUT2D eigenvalue weighted by molar-refractivity contribution is -0.136. The Kier molecular flexibility index (Phi) is 8.55. The fourth-order valence-electron chi connectivity index (χ4n) is 4.62. The number of hydrogen-bond donors (Lipinski definition) is 2. The Bertz CT molecular complexity index is 1260. The summed E-state index contributed by atoms with van der Waals surface area (Å²) < 4.78 is 21.3. The van der Waals surface area contributed by atoms with Crippen molar-refractivity contribution in [2.75, 3.05) is 19.7 Å². The van der Waals surface area contributed by atoms with Crippen molar-refractivity contribution < 1.29 is 23.8 Å². The van der Waals surface area contributed by atoms with Crippen LogP contribution in [-0.2, 0) is 29.1 Å². The maximum atomic E-state index is 13.4. The molecule has 1 amide bonds. The Balaban J connectivity index is 1.66. The first-order valence-corrected chi connectivity index (χ1v) is 12.6.